The van der Waals surface area contributed by atoms with Crippen molar-refractivity contribution in [1.82, 2.24) is 14.9 Å². The summed E-state index contributed by atoms with van der Waals surface area (Å²) >= 11 is 0. The van der Waals surface area contributed by atoms with Crippen molar-refractivity contribution in [3.05, 3.63) is 29.7 Å². The highest BCUT2D eigenvalue weighted by Gasteiger charge is 2.22. The minimum atomic E-state index is 0.548. The number of nitrogens with one attached hydrogen (secondary N) is 1. The SMILES string of the molecule is C=CCN1CCC(Nc2nc(C)nc3c2CCCC3)CC1. The Labute approximate surface area is 127 Å². The summed E-state index contributed by atoms with van der Waals surface area (Å²) in [6.07, 6.45) is 9.16. The number of likely N-dealkylation sites (tertiary alicyclic amines) is 1. The Morgan fingerprint density at radius 3 is 2.76 bits per heavy atom. The summed E-state index contributed by atoms with van der Waals surface area (Å²) in [4.78, 5) is 11.8. The van der Waals surface area contributed by atoms with Crippen LogP contribution in [-0.4, -0.2) is 40.5 Å². The van der Waals surface area contributed by atoms with Crippen LogP contribution >= 0.6 is 0 Å². The fraction of sp³-hybridized carbons (Fsp3) is 0.647. The Balaban J connectivity index is 1.68. The molecular formula is C17H26N4. The number of aryl methyl sites for hydroxylation is 2. The van der Waals surface area contributed by atoms with E-state index in [1.54, 1.807) is 0 Å². The number of piperidine rings is 1. The summed E-state index contributed by atoms with van der Waals surface area (Å²) in [6, 6.07) is 0.548. The van der Waals surface area contributed by atoms with E-state index in [-0.39, 0.29) is 0 Å². The normalized spacial score (nSPS) is 20.0. The average Bonchev–Trinajstić information content (AvgIpc) is 2.49. The lowest BCUT2D eigenvalue weighted by Crippen LogP contribution is -2.39. The topological polar surface area (TPSA) is 41.0 Å². The van der Waals surface area contributed by atoms with Gasteiger partial charge in [-0.25, -0.2) is 9.97 Å². The molecule has 2 heterocycles. The third-order valence-corrected chi connectivity index (χ3v) is 4.61. The molecule has 0 spiro atoms. The number of nitrogens with zero attached hydrogens (tertiary/aromatic N) is 3. The quantitative estimate of drug-likeness (QED) is 0.864. The molecule has 1 aliphatic carbocycles. The van der Waals surface area contributed by atoms with Crippen LogP contribution in [0, 0.1) is 6.92 Å². The molecule has 2 aliphatic rings. The summed E-state index contributed by atoms with van der Waals surface area (Å²) in [5, 5.41) is 3.71. The summed E-state index contributed by atoms with van der Waals surface area (Å²) in [7, 11) is 0. The zero-order valence-corrected chi connectivity index (χ0v) is 13.1. The predicted octanol–water partition coefficient (Wildman–Crippen LogP) is 2.73. The van der Waals surface area contributed by atoms with E-state index in [0.717, 1.165) is 44.1 Å². The molecule has 0 unspecified atom stereocenters. The fourth-order valence-corrected chi connectivity index (χ4v) is 3.47. The smallest absolute Gasteiger partial charge is 0.133 e. The third kappa shape index (κ3) is 3.43. The van der Waals surface area contributed by atoms with E-state index in [9.17, 15) is 0 Å². The largest absolute Gasteiger partial charge is 0.367 e. The fourth-order valence-electron chi connectivity index (χ4n) is 3.47. The molecule has 0 radical (unpaired) electrons. The molecule has 1 aromatic rings. The van der Waals surface area contributed by atoms with Gasteiger partial charge in [0.2, 0.25) is 0 Å². The molecule has 1 aliphatic heterocycles. The van der Waals surface area contributed by atoms with Crippen LogP contribution in [-0.2, 0) is 12.8 Å². The van der Waals surface area contributed by atoms with Crippen molar-refractivity contribution in [1.29, 1.82) is 0 Å². The maximum absolute atomic E-state index is 4.68. The molecule has 0 aromatic carbocycles. The van der Waals surface area contributed by atoms with Gasteiger partial charge in [0.1, 0.15) is 11.6 Å². The van der Waals surface area contributed by atoms with Crippen LogP contribution in [0.4, 0.5) is 5.82 Å². The van der Waals surface area contributed by atoms with Crippen molar-refractivity contribution in [3.63, 3.8) is 0 Å². The van der Waals surface area contributed by atoms with Gasteiger partial charge in [-0.05, 0) is 45.4 Å². The van der Waals surface area contributed by atoms with Crippen LogP contribution in [0.3, 0.4) is 0 Å². The number of fused-ring (bicyclic) bond motifs is 1. The third-order valence-electron chi connectivity index (χ3n) is 4.61. The summed E-state index contributed by atoms with van der Waals surface area (Å²) < 4.78 is 0. The van der Waals surface area contributed by atoms with E-state index in [4.69, 9.17) is 0 Å². The molecule has 21 heavy (non-hydrogen) atoms. The Kier molecular flexibility index (Phi) is 4.54. The zero-order valence-electron chi connectivity index (χ0n) is 13.1. The molecule has 4 heteroatoms. The number of hydrogen-bond donors (Lipinski definition) is 1. The molecule has 1 N–H and O–H groups in total. The van der Waals surface area contributed by atoms with Gasteiger partial charge < -0.3 is 5.32 Å². The number of rotatable bonds is 4. The highest BCUT2D eigenvalue weighted by Crippen LogP contribution is 2.27. The average molecular weight is 286 g/mol. The van der Waals surface area contributed by atoms with Crippen LogP contribution < -0.4 is 5.32 Å². The van der Waals surface area contributed by atoms with Gasteiger partial charge >= 0.3 is 0 Å². The first-order valence-corrected chi connectivity index (χ1v) is 8.22. The van der Waals surface area contributed by atoms with Crippen molar-refractivity contribution >= 4 is 5.82 Å². The molecule has 1 fully saturated rings. The van der Waals surface area contributed by atoms with Crippen LogP contribution in [0.15, 0.2) is 12.7 Å². The molecule has 1 saturated heterocycles. The van der Waals surface area contributed by atoms with Gasteiger partial charge in [-0.2, -0.15) is 0 Å². The second kappa shape index (κ2) is 6.56. The molecule has 0 atom stereocenters. The second-order valence-corrected chi connectivity index (χ2v) is 6.26. The van der Waals surface area contributed by atoms with Crippen LogP contribution in [0.1, 0.15) is 42.8 Å². The molecule has 0 bridgehead atoms. The lowest BCUT2D eigenvalue weighted by molar-refractivity contribution is 0.240. The Morgan fingerprint density at radius 1 is 1.24 bits per heavy atom. The first kappa shape index (κ1) is 14.5. The van der Waals surface area contributed by atoms with Crippen LogP contribution in [0.2, 0.25) is 0 Å². The predicted molar refractivity (Wildman–Crippen MR) is 86.7 cm³/mol. The van der Waals surface area contributed by atoms with E-state index in [1.807, 2.05) is 13.0 Å². The maximum Gasteiger partial charge on any atom is 0.133 e. The maximum atomic E-state index is 4.68. The Morgan fingerprint density at radius 2 is 2.00 bits per heavy atom. The highest BCUT2D eigenvalue weighted by molar-refractivity contribution is 5.48. The van der Waals surface area contributed by atoms with Gasteiger partial charge in [0.15, 0.2) is 0 Å². The minimum absolute atomic E-state index is 0.548. The minimum Gasteiger partial charge on any atom is -0.367 e. The Hall–Kier alpha value is -1.42. The zero-order chi connectivity index (χ0) is 14.7. The van der Waals surface area contributed by atoms with Crippen molar-refractivity contribution in [2.24, 2.45) is 0 Å². The molecule has 0 amide bonds. The lowest BCUT2D eigenvalue weighted by Gasteiger charge is -2.32. The van der Waals surface area contributed by atoms with Crippen molar-refractivity contribution in [2.75, 3.05) is 25.0 Å². The molecule has 0 saturated carbocycles. The van der Waals surface area contributed by atoms with Crippen molar-refractivity contribution in [2.45, 2.75) is 51.5 Å². The molecule has 4 nitrogen and oxygen atoms in total. The van der Waals surface area contributed by atoms with Gasteiger partial charge in [0, 0.05) is 36.9 Å². The van der Waals surface area contributed by atoms with E-state index >= 15 is 0 Å². The first-order valence-electron chi connectivity index (χ1n) is 8.22. The summed E-state index contributed by atoms with van der Waals surface area (Å²) in [5.41, 5.74) is 2.65. The number of anilines is 1. The summed E-state index contributed by atoms with van der Waals surface area (Å²) in [5.74, 6) is 2.02. The van der Waals surface area contributed by atoms with Crippen molar-refractivity contribution in [3.8, 4) is 0 Å². The van der Waals surface area contributed by atoms with Crippen LogP contribution in [0.5, 0.6) is 0 Å². The van der Waals surface area contributed by atoms with E-state index in [1.165, 1.54) is 36.9 Å². The Bertz CT molecular complexity index is 504. The van der Waals surface area contributed by atoms with E-state index < -0.39 is 0 Å². The molecule has 114 valence electrons. The van der Waals surface area contributed by atoms with Gasteiger partial charge in [0.25, 0.3) is 0 Å². The van der Waals surface area contributed by atoms with Gasteiger partial charge in [-0.15, -0.1) is 6.58 Å². The van der Waals surface area contributed by atoms with Gasteiger partial charge in [0.05, 0.1) is 0 Å². The standard InChI is InChI=1S/C17H26N4/c1-3-10-21-11-8-14(9-12-21)20-17-15-6-4-5-7-16(15)18-13(2)19-17/h3,14H,1,4-12H2,2H3,(H,18,19,20). The molecule has 3 rings (SSSR count). The monoisotopic (exact) mass is 286 g/mol. The lowest BCUT2D eigenvalue weighted by atomic mass is 9.95. The first-order chi connectivity index (χ1) is 10.3. The summed E-state index contributed by atoms with van der Waals surface area (Å²) in [6.45, 7) is 9.14. The molecular weight excluding hydrogens is 260 g/mol. The van der Waals surface area contributed by atoms with Gasteiger partial charge in [-0.1, -0.05) is 6.08 Å². The second-order valence-electron chi connectivity index (χ2n) is 6.26. The van der Waals surface area contributed by atoms with Crippen molar-refractivity contribution < 1.29 is 0 Å². The number of aromatic nitrogens is 2. The van der Waals surface area contributed by atoms with Crippen LogP contribution in [0.25, 0.3) is 0 Å². The van der Waals surface area contributed by atoms with Gasteiger partial charge in [-0.3, -0.25) is 4.90 Å². The van der Waals surface area contributed by atoms with E-state index in [2.05, 4.69) is 26.8 Å². The highest BCUT2D eigenvalue weighted by atomic mass is 15.1. The molecule has 1 aromatic heterocycles. The number of hydrogen-bond acceptors (Lipinski definition) is 4. The van der Waals surface area contributed by atoms with E-state index in [0.29, 0.717) is 6.04 Å².